The minimum atomic E-state index is -2.10. The first-order valence-corrected chi connectivity index (χ1v) is 14.9. The van der Waals surface area contributed by atoms with Crippen LogP contribution in [0.2, 0.25) is 0 Å². The number of para-hydroxylation sites is 1. The van der Waals surface area contributed by atoms with Crippen LogP contribution in [0.4, 0.5) is 5.69 Å². The number of rotatable bonds is 4. The van der Waals surface area contributed by atoms with Gasteiger partial charge in [-0.2, -0.15) is 0 Å². The molecule has 4 aromatic rings. The summed E-state index contributed by atoms with van der Waals surface area (Å²) in [7, 11) is -2.10. The van der Waals surface area contributed by atoms with Gasteiger partial charge in [0.15, 0.2) is 0 Å². The average Bonchev–Trinajstić information content (AvgIpc) is 3.16. The molecule has 0 radical (unpaired) electrons. The maximum atomic E-state index is 5.84. The van der Waals surface area contributed by atoms with Crippen LogP contribution in [0, 0.1) is 13.8 Å². The normalized spacial score (nSPS) is 17.1. The summed E-state index contributed by atoms with van der Waals surface area (Å²) in [5, 5.41) is 4.14. The zero-order chi connectivity index (χ0) is 24.8. The van der Waals surface area contributed by atoms with Gasteiger partial charge in [-0.25, -0.2) is 4.74 Å². The molecular formula is C31H40N3P. The first kappa shape index (κ1) is 24.3. The molecule has 4 heteroatoms. The Morgan fingerprint density at radius 2 is 1.54 bits per heavy atom. The molecule has 5 rings (SSSR count). The SMILES string of the molecule is CCn1c2ccccc2c2cc(P(=Nc3ccc(C)cc3C)(N3CCCCC3)C(C)(C)C)ccc21. The Balaban J connectivity index is 1.86. The lowest BCUT2D eigenvalue weighted by molar-refractivity contribution is 0.361. The number of hydrogen-bond donors (Lipinski definition) is 0. The van der Waals surface area contributed by atoms with E-state index in [1.807, 2.05) is 0 Å². The Morgan fingerprint density at radius 3 is 2.23 bits per heavy atom. The highest BCUT2D eigenvalue weighted by atomic mass is 31.2. The first-order valence-electron chi connectivity index (χ1n) is 13.2. The van der Waals surface area contributed by atoms with Crippen LogP contribution in [0.15, 0.2) is 65.4 Å². The summed E-state index contributed by atoms with van der Waals surface area (Å²) in [5.41, 5.74) is 6.38. The third kappa shape index (κ3) is 4.07. The molecule has 0 bridgehead atoms. The molecule has 35 heavy (non-hydrogen) atoms. The highest BCUT2D eigenvalue weighted by Gasteiger charge is 2.42. The van der Waals surface area contributed by atoms with Gasteiger partial charge in [0.1, 0.15) is 0 Å². The zero-order valence-electron chi connectivity index (χ0n) is 22.3. The van der Waals surface area contributed by atoms with Crippen molar-refractivity contribution in [1.29, 1.82) is 0 Å². The van der Waals surface area contributed by atoms with Crippen molar-refractivity contribution in [3.8, 4) is 0 Å². The summed E-state index contributed by atoms with van der Waals surface area (Å²) < 4.78 is 11.1. The Bertz CT molecular complexity index is 1430. The fourth-order valence-electron chi connectivity index (χ4n) is 6.06. The third-order valence-corrected chi connectivity index (χ3v) is 12.3. The van der Waals surface area contributed by atoms with Crippen LogP contribution >= 0.6 is 7.21 Å². The van der Waals surface area contributed by atoms with Crippen molar-refractivity contribution in [2.24, 2.45) is 4.74 Å². The van der Waals surface area contributed by atoms with Crippen LogP contribution < -0.4 is 5.30 Å². The summed E-state index contributed by atoms with van der Waals surface area (Å²) in [6, 6.07) is 22.9. The predicted octanol–water partition coefficient (Wildman–Crippen LogP) is 8.79. The summed E-state index contributed by atoms with van der Waals surface area (Å²) >= 11 is 0. The van der Waals surface area contributed by atoms with E-state index in [0.717, 1.165) is 25.3 Å². The fourth-order valence-corrected chi connectivity index (χ4v) is 10.5. The van der Waals surface area contributed by atoms with E-state index in [9.17, 15) is 0 Å². The molecule has 1 fully saturated rings. The van der Waals surface area contributed by atoms with E-state index in [1.54, 1.807) is 0 Å². The Kier molecular flexibility index (Phi) is 6.45. The molecule has 1 aromatic heterocycles. The lowest BCUT2D eigenvalue weighted by Gasteiger charge is -2.47. The minimum Gasteiger partial charge on any atom is -0.341 e. The van der Waals surface area contributed by atoms with Crippen molar-refractivity contribution < 1.29 is 0 Å². The summed E-state index contributed by atoms with van der Waals surface area (Å²) in [4.78, 5) is 0. The molecule has 0 spiro atoms. The van der Waals surface area contributed by atoms with Gasteiger partial charge in [0.05, 0.1) is 12.9 Å². The van der Waals surface area contributed by atoms with E-state index in [1.165, 1.54) is 57.5 Å². The van der Waals surface area contributed by atoms with Crippen molar-refractivity contribution in [3.05, 3.63) is 71.8 Å². The summed E-state index contributed by atoms with van der Waals surface area (Å²) in [6.45, 7) is 17.1. The van der Waals surface area contributed by atoms with Gasteiger partial charge in [-0.1, -0.05) is 63.1 Å². The number of nitrogens with zero attached hydrogens (tertiary/aromatic N) is 3. The van der Waals surface area contributed by atoms with Crippen molar-refractivity contribution in [2.75, 3.05) is 13.1 Å². The van der Waals surface area contributed by atoms with Gasteiger partial charge in [0, 0.05) is 51.9 Å². The highest BCUT2D eigenvalue weighted by Crippen LogP contribution is 2.65. The number of benzene rings is 3. The molecule has 3 aromatic carbocycles. The molecule has 0 amide bonds. The number of hydrogen-bond acceptors (Lipinski definition) is 1. The molecule has 0 N–H and O–H groups in total. The van der Waals surface area contributed by atoms with Crippen molar-refractivity contribution in [3.63, 3.8) is 0 Å². The Labute approximate surface area is 211 Å². The number of fused-ring (bicyclic) bond motifs is 3. The average molecular weight is 486 g/mol. The van der Waals surface area contributed by atoms with Crippen LogP contribution in [0.5, 0.6) is 0 Å². The minimum absolute atomic E-state index is 0.0124. The van der Waals surface area contributed by atoms with Gasteiger partial charge in [-0.15, -0.1) is 0 Å². The van der Waals surface area contributed by atoms with Crippen LogP contribution in [-0.4, -0.2) is 27.5 Å². The van der Waals surface area contributed by atoms with E-state index >= 15 is 0 Å². The second kappa shape index (κ2) is 9.26. The van der Waals surface area contributed by atoms with Crippen molar-refractivity contribution >= 4 is 40.0 Å². The molecule has 3 nitrogen and oxygen atoms in total. The number of aromatic nitrogens is 1. The largest absolute Gasteiger partial charge is 0.341 e. The van der Waals surface area contributed by atoms with Crippen LogP contribution in [0.3, 0.4) is 0 Å². The molecule has 184 valence electrons. The number of piperidine rings is 1. The molecule has 1 aliphatic rings. The second-order valence-corrected chi connectivity index (χ2v) is 15.0. The molecule has 2 heterocycles. The van der Waals surface area contributed by atoms with Crippen LogP contribution in [0.25, 0.3) is 21.8 Å². The van der Waals surface area contributed by atoms with Gasteiger partial charge in [0.2, 0.25) is 0 Å². The molecule has 1 unspecified atom stereocenters. The van der Waals surface area contributed by atoms with Gasteiger partial charge in [-0.3, -0.25) is 4.67 Å². The van der Waals surface area contributed by atoms with Gasteiger partial charge < -0.3 is 4.57 Å². The van der Waals surface area contributed by atoms with E-state index in [4.69, 9.17) is 4.74 Å². The third-order valence-electron chi connectivity index (χ3n) is 7.71. The van der Waals surface area contributed by atoms with Gasteiger partial charge in [-0.05, 0) is 69.5 Å². The molecular weight excluding hydrogens is 445 g/mol. The highest BCUT2D eigenvalue weighted by molar-refractivity contribution is 7.73. The summed E-state index contributed by atoms with van der Waals surface area (Å²) in [6.07, 6.45) is 3.85. The quantitative estimate of drug-likeness (QED) is 0.265. The van der Waals surface area contributed by atoms with E-state index < -0.39 is 7.21 Å². The molecule has 1 aliphatic heterocycles. The topological polar surface area (TPSA) is 20.5 Å². The van der Waals surface area contributed by atoms with Crippen LogP contribution in [0.1, 0.15) is 58.1 Å². The lowest BCUT2D eigenvalue weighted by atomic mass is 10.1. The number of aryl methyl sites for hydroxylation is 3. The Hall–Kier alpha value is -2.35. The van der Waals surface area contributed by atoms with Crippen molar-refractivity contribution in [1.82, 2.24) is 9.24 Å². The van der Waals surface area contributed by atoms with Crippen molar-refractivity contribution in [2.45, 2.75) is 72.5 Å². The standard InChI is InChI=1S/C31H40N3P/c1-7-34-29-14-10-9-13-26(29)27-22-25(16-18-30(27)34)35(31(4,5)6,33-19-11-8-12-20-33)32-28-17-15-23(2)21-24(28)3/h9-10,13-18,21-22H,7-8,11-12,19-20H2,1-6H3. The molecule has 0 saturated carbocycles. The predicted molar refractivity (Wildman–Crippen MR) is 155 cm³/mol. The van der Waals surface area contributed by atoms with E-state index in [-0.39, 0.29) is 5.16 Å². The lowest BCUT2D eigenvalue weighted by Crippen LogP contribution is -2.39. The maximum Gasteiger partial charge on any atom is 0.0720 e. The van der Waals surface area contributed by atoms with E-state index in [2.05, 4.69) is 111 Å². The van der Waals surface area contributed by atoms with E-state index in [0.29, 0.717) is 0 Å². The first-order chi connectivity index (χ1) is 16.8. The second-order valence-electron chi connectivity index (χ2n) is 11.1. The zero-order valence-corrected chi connectivity index (χ0v) is 23.2. The molecule has 0 aliphatic carbocycles. The maximum absolute atomic E-state index is 5.84. The fraction of sp³-hybridized carbons (Fsp3) is 0.419. The van der Waals surface area contributed by atoms with Gasteiger partial charge in [0.25, 0.3) is 0 Å². The van der Waals surface area contributed by atoms with Gasteiger partial charge >= 0.3 is 0 Å². The Morgan fingerprint density at radius 1 is 0.829 bits per heavy atom. The molecule has 1 atom stereocenters. The smallest absolute Gasteiger partial charge is 0.0720 e. The monoisotopic (exact) mass is 485 g/mol. The van der Waals surface area contributed by atoms with Crippen LogP contribution in [-0.2, 0) is 6.54 Å². The molecule has 1 saturated heterocycles. The summed E-state index contributed by atoms with van der Waals surface area (Å²) in [5.74, 6) is 0.